The Labute approximate surface area is 378 Å². The van der Waals surface area contributed by atoms with Crippen molar-refractivity contribution in [2.24, 2.45) is 56.7 Å². The standard InChI is InChI=1S/C58H98NO2/c1-10-11-12-13-14-15-16-17-18-19-20-21-22-23-24-25-26-27-28-29-42-59-43-30-31-46(44-59)53(60)61-51-36-38-56(7)49(54(51,4)5)35-39-58(9)50(56)33-32-48-52-47(45(2)3)34-37-55(52,6)40-41-57(48,58)8/h30-31,43-44,47-52H,2,10-29,32-42H2,1,3-9H3/q+1/t47-,48-,49-,50+,51-,52-,55+,56-,57+,58+/m0/s1. The summed E-state index contributed by atoms with van der Waals surface area (Å²) in [5, 5.41) is 0. The summed E-state index contributed by atoms with van der Waals surface area (Å²) in [6.45, 7) is 25.9. The van der Waals surface area contributed by atoms with Crippen LogP contribution >= 0.6 is 0 Å². The van der Waals surface area contributed by atoms with Crippen LogP contribution in [0, 0.1) is 56.7 Å². The number of fused-ring (bicyclic) bond motifs is 7. The van der Waals surface area contributed by atoms with Crippen molar-refractivity contribution in [1.82, 2.24) is 0 Å². The molecular formula is C58H98NO2+. The molecule has 0 unspecified atom stereocenters. The van der Waals surface area contributed by atoms with E-state index >= 15 is 0 Å². The lowest BCUT2D eigenvalue weighted by atomic mass is 9.32. The molecule has 0 aromatic carbocycles. The zero-order valence-electron chi connectivity index (χ0n) is 41.7. The fourth-order valence-corrected chi connectivity index (χ4v) is 16.2. The van der Waals surface area contributed by atoms with E-state index in [0.717, 1.165) is 30.7 Å². The van der Waals surface area contributed by atoms with E-state index < -0.39 is 0 Å². The number of nitrogens with zero attached hydrogens (tertiary/aromatic N) is 1. The first kappa shape index (κ1) is 48.8. The second-order valence-corrected chi connectivity index (χ2v) is 24.1. The lowest BCUT2D eigenvalue weighted by Gasteiger charge is -2.73. The van der Waals surface area contributed by atoms with Crippen LogP contribution in [0.5, 0.6) is 0 Å². The number of hydrogen-bond acceptors (Lipinski definition) is 2. The summed E-state index contributed by atoms with van der Waals surface area (Å²) in [6.07, 6.45) is 45.4. The number of carbonyl (C=O) groups excluding carboxylic acids is 1. The van der Waals surface area contributed by atoms with Gasteiger partial charge in [0.1, 0.15) is 18.2 Å². The minimum absolute atomic E-state index is 0.0299. The maximum atomic E-state index is 13.9. The van der Waals surface area contributed by atoms with Gasteiger partial charge in [-0.3, -0.25) is 0 Å². The number of aromatic nitrogens is 1. The maximum Gasteiger partial charge on any atom is 0.344 e. The van der Waals surface area contributed by atoms with Gasteiger partial charge in [-0.1, -0.05) is 176 Å². The number of allylic oxidation sites excluding steroid dienone is 1. The van der Waals surface area contributed by atoms with Crippen molar-refractivity contribution >= 4 is 5.97 Å². The Morgan fingerprint density at radius 2 is 1.23 bits per heavy atom. The summed E-state index contributed by atoms with van der Waals surface area (Å²) in [5.74, 6) is 3.55. The predicted molar refractivity (Wildman–Crippen MR) is 258 cm³/mol. The van der Waals surface area contributed by atoms with Crippen molar-refractivity contribution < 1.29 is 14.1 Å². The van der Waals surface area contributed by atoms with Crippen molar-refractivity contribution in [3.05, 3.63) is 42.2 Å². The van der Waals surface area contributed by atoms with Crippen LogP contribution in [-0.2, 0) is 11.3 Å². The molecule has 0 bridgehead atoms. The molecule has 10 atom stereocenters. The molecular weight excluding hydrogens is 743 g/mol. The van der Waals surface area contributed by atoms with Gasteiger partial charge in [0.25, 0.3) is 0 Å². The van der Waals surface area contributed by atoms with E-state index in [1.165, 1.54) is 192 Å². The molecule has 0 radical (unpaired) electrons. The fraction of sp³-hybridized carbons (Fsp3) is 0.862. The second-order valence-electron chi connectivity index (χ2n) is 24.1. The van der Waals surface area contributed by atoms with Gasteiger partial charge in [0.05, 0.1) is 0 Å². The number of unbranched alkanes of at least 4 members (excludes halogenated alkanes) is 19. The lowest BCUT2D eigenvalue weighted by Crippen LogP contribution is -2.66. The highest BCUT2D eigenvalue weighted by Crippen LogP contribution is 2.77. The van der Waals surface area contributed by atoms with Gasteiger partial charge < -0.3 is 4.74 Å². The van der Waals surface area contributed by atoms with Gasteiger partial charge in [-0.2, -0.15) is 0 Å². The van der Waals surface area contributed by atoms with Crippen LogP contribution in [0.2, 0.25) is 0 Å². The summed E-state index contributed by atoms with van der Waals surface area (Å²) in [6, 6.07) is 4.02. The van der Waals surface area contributed by atoms with Crippen molar-refractivity contribution in [2.45, 2.75) is 261 Å². The van der Waals surface area contributed by atoms with Gasteiger partial charge >= 0.3 is 5.97 Å². The molecule has 0 spiro atoms. The number of carbonyl (C=O) groups is 1. The fourth-order valence-electron chi connectivity index (χ4n) is 16.2. The van der Waals surface area contributed by atoms with Crippen LogP contribution in [0.3, 0.4) is 0 Å². The molecule has 5 fully saturated rings. The third-order valence-electron chi connectivity index (χ3n) is 20.0. The van der Waals surface area contributed by atoms with Gasteiger partial charge in [0.2, 0.25) is 0 Å². The molecule has 3 nitrogen and oxygen atoms in total. The first-order valence-corrected chi connectivity index (χ1v) is 27.1. The van der Waals surface area contributed by atoms with Crippen LogP contribution < -0.4 is 4.57 Å². The van der Waals surface area contributed by atoms with Gasteiger partial charge in [-0.15, -0.1) is 0 Å². The smallest absolute Gasteiger partial charge is 0.344 e. The van der Waals surface area contributed by atoms with Gasteiger partial charge in [0, 0.05) is 17.9 Å². The van der Waals surface area contributed by atoms with E-state index in [4.69, 9.17) is 4.74 Å². The van der Waals surface area contributed by atoms with E-state index in [1.54, 1.807) is 0 Å². The summed E-state index contributed by atoms with van der Waals surface area (Å²) in [5.41, 5.74) is 3.68. The molecule has 6 rings (SSSR count). The molecule has 5 aliphatic carbocycles. The van der Waals surface area contributed by atoms with Crippen molar-refractivity contribution in [1.29, 1.82) is 0 Å². The molecule has 0 amide bonds. The minimum Gasteiger partial charge on any atom is -0.458 e. The Balaban J connectivity index is 0.892. The van der Waals surface area contributed by atoms with E-state index in [9.17, 15) is 4.79 Å². The molecule has 0 N–H and O–H groups in total. The topological polar surface area (TPSA) is 30.2 Å². The van der Waals surface area contributed by atoms with Crippen LogP contribution in [0.4, 0.5) is 0 Å². The molecule has 1 aromatic rings. The summed E-state index contributed by atoms with van der Waals surface area (Å²) in [7, 11) is 0. The molecule has 0 aliphatic heterocycles. The van der Waals surface area contributed by atoms with E-state index in [0.29, 0.717) is 39.1 Å². The van der Waals surface area contributed by atoms with Crippen molar-refractivity contribution in [2.75, 3.05) is 0 Å². The number of hydrogen-bond donors (Lipinski definition) is 0. The molecule has 346 valence electrons. The third-order valence-corrected chi connectivity index (χ3v) is 20.0. The Bertz CT molecular complexity index is 1550. The highest BCUT2D eigenvalue weighted by Gasteiger charge is 2.70. The number of esters is 1. The molecule has 3 heteroatoms. The molecule has 61 heavy (non-hydrogen) atoms. The van der Waals surface area contributed by atoms with Gasteiger partial charge in [0.15, 0.2) is 12.4 Å². The maximum absolute atomic E-state index is 13.9. The second kappa shape index (κ2) is 21.6. The number of rotatable bonds is 24. The molecule has 5 aliphatic rings. The summed E-state index contributed by atoms with van der Waals surface area (Å²) in [4.78, 5) is 13.9. The minimum atomic E-state index is -0.123. The molecule has 1 aromatic heterocycles. The molecule has 1 heterocycles. The van der Waals surface area contributed by atoms with Crippen LogP contribution in [0.15, 0.2) is 36.7 Å². The first-order chi connectivity index (χ1) is 29.2. The number of ether oxygens (including phenoxy) is 1. The van der Waals surface area contributed by atoms with Gasteiger partial charge in [-0.05, 0) is 135 Å². The zero-order valence-corrected chi connectivity index (χ0v) is 41.7. The van der Waals surface area contributed by atoms with Crippen LogP contribution in [0.1, 0.15) is 258 Å². The normalized spacial score (nSPS) is 35.1. The van der Waals surface area contributed by atoms with Gasteiger partial charge in [-0.25, -0.2) is 9.36 Å². The van der Waals surface area contributed by atoms with E-state index in [-0.39, 0.29) is 17.5 Å². The Morgan fingerprint density at radius 3 is 1.80 bits per heavy atom. The monoisotopic (exact) mass is 841 g/mol. The summed E-state index contributed by atoms with van der Waals surface area (Å²) >= 11 is 0. The SMILES string of the molecule is C=C(C)[C@@H]1CC[C@]2(C)CC[C@]3(C)[C@@H](CC[C@@H]4[C@@]5(C)CC[C@H](OC(=O)c6ccc[n+](CCCCCCCCCCCCCCCCCCCCCC)c6)C(C)(C)[C@@H]5CC[C@]43C)[C@H]12. The van der Waals surface area contributed by atoms with Crippen molar-refractivity contribution in [3.63, 3.8) is 0 Å². The quantitative estimate of drug-likeness (QED) is 0.0449. The highest BCUT2D eigenvalue weighted by molar-refractivity contribution is 5.88. The van der Waals surface area contributed by atoms with Crippen LogP contribution in [0.25, 0.3) is 0 Å². The first-order valence-electron chi connectivity index (χ1n) is 27.1. The molecule has 0 saturated heterocycles. The van der Waals surface area contributed by atoms with Crippen LogP contribution in [-0.4, -0.2) is 12.1 Å². The predicted octanol–water partition coefficient (Wildman–Crippen LogP) is 17.0. The Hall–Kier alpha value is -1.64. The highest BCUT2D eigenvalue weighted by atomic mass is 16.5. The average Bonchev–Trinajstić information content (AvgIpc) is 3.59. The van der Waals surface area contributed by atoms with Crippen molar-refractivity contribution in [3.8, 4) is 0 Å². The third kappa shape index (κ3) is 10.7. The molecule has 5 saturated carbocycles. The Morgan fingerprint density at radius 1 is 0.656 bits per heavy atom. The zero-order chi connectivity index (χ0) is 43.7. The Kier molecular flexibility index (Phi) is 17.3. The average molecular weight is 841 g/mol. The number of pyridine rings is 1. The largest absolute Gasteiger partial charge is 0.458 e. The lowest BCUT2D eigenvalue weighted by molar-refractivity contribution is -0.697. The van der Waals surface area contributed by atoms with E-state index in [2.05, 4.69) is 78.9 Å². The number of aryl methyl sites for hydroxylation is 1. The summed E-state index contributed by atoms with van der Waals surface area (Å²) < 4.78 is 8.82. The van der Waals surface area contributed by atoms with E-state index in [1.807, 2.05) is 12.1 Å².